The zero-order chi connectivity index (χ0) is 31.5. The summed E-state index contributed by atoms with van der Waals surface area (Å²) in [6, 6.07) is 16.3. The van der Waals surface area contributed by atoms with Crippen LogP contribution >= 0.6 is 0 Å². The van der Waals surface area contributed by atoms with Gasteiger partial charge in [0.25, 0.3) is 0 Å². The average Bonchev–Trinajstić information content (AvgIpc) is 2.98. The van der Waals surface area contributed by atoms with Crippen LogP contribution in [0.2, 0.25) is 0 Å². The largest absolute Gasteiger partial charge is 0.508 e. The zero-order valence-electron chi connectivity index (χ0n) is 26.0. The predicted molar refractivity (Wildman–Crippen MR) is 168 cm³/mol. The van der Waals surface area contributed by atoms with E-state index >= 15 is 0 Å². The van der Waals surface area contributed by atoms with Gasteiger partial charge in [-0.15, -0.1) is 6.58 Å². The molecular weight excluding hydrogens is 554 g/mol. The number of nitrogens with zero attached hydrogens (tertiary/aromatic N) is 5. The quantitative estimate of drug-likeness (QED) is 0.376. The Hall–Kier alpha value is -4.50. The minimum Gasteiger partial charge on any atom is -0.508 e. The lowest BCUT2D eigenvalue weighted by molar-refractivity contribution is -0.205. The van der Waals surface area contributed by atoms with Crippen molar-refractivity contribution in [1.82, 2.24) is 24.8 Å². The molecule has 2 aliphatic heterocycles. The van der Waals surface area contributed by atoms with E-state index in [-0.39, 0.29) is 55.9 Å². The van der Waals surface area contributed by atoms with E-state index < -0.39 is 12.2 Å². The number of pyridine rings is 1. The van der Waals surface area contributed by atoms with E-state index in [1.165, 1.54) is 0 Å². The molecule has 2 aromatic carbocycles. The minimum atomic E-state index is -0.829. The molecular formula is C35H41N5O4. The number of amides is 3. The van der Waals surface area contributed by atoms with Crippen molar-refractivity contribution in [2.24, 2.45) is 0 Å². The van der Waals surface area contributed by atoms with E-state index in [1.54, 1.807) is 38.0 Å². The molecule has 9 heteroatoms. The minimum absolute atomic E-state index is 0.0321. The summed E-state index contributed by atoms with van der Waals surface area (Å²) < 4.78 is 0. The third kappa shape index (κ3) is 6.38. The van der Waals surface area contributed by atoms with E-state index in [1.807, 2.05) is 70.2 Å². The van der Waals surface area contributed by atoms with Crippen LogP contribution in [-0.2, 0) is 33.8 Å². The van der Waals surface area contributed by atoms with Gasteiger partial charge in [-0.25, -0.2) is 10.0 Å². The number of hydrogen-bond donors (Lipinski definition) is 1. The van der Waals surface area contributed by atoms with Crippen molar-refractivity contribution in [2.45, 2.75) is 65.7 Å². The SMILES string of the molecule is C=CCN1CC(=O)N2C(CN(Cc3ccc(C)c(C)n3)C(=O)[C@@H]2Cc2c(C)cc(O)cc2C)N1C(=O)CCc1ccccc1. The van der Waals surface area contributed by atoms with Crippen molar-refractivity contribution in [3.8, 4) is 5.75 Å². The smallest absolute Gasteiger partial charge is 0.246 e. The van der Waals surface area contributed by atoms with E-state index in [0.717, 1.165) is 39.2 Å². The van der Waals surface area contributed by atoms with Gasteiger partial charge in [0.2, 0.25) is 17.7 Å². The fourth-order valence-electron chi connectivity index (χ4n) is 6.37. The summed E-state index contributed by atoms with van der Waals surface area (Å²) in [6.07, 6.45) is 2.08. The molecule has 44 heavy (non-hydrogen) atoms. The summed E-state index contributed by atoms with van der Waals surface area (Å²) in [5.74, 6) is -0.355. The Morgan fingerprint density at radius 2 is 1.73 bits per heavy atom. The molecule has 9 nitrogen and oxygen atoms in total. The molecule has 1 unspecified atom stereocenters. The topological polar surface area (TPSA) is 97.3 Å². The van der Waals surface area contributed by atoms with Crippen molar-refractivity contribution in [1.29, 1.82) is 0 Å². The van der Waals surface area contributed by atoms with Crippen molar-refractivity contribution in [3.05, 3.63) is 106 Å². The highest BCUT2D eigenvalue weighted by Crippen LogP contribution is 2.32. The molecule has 2 saturated heterocycles. The molecule has 2 atom stereocenters. The number of aromatic nitrogens is 1. The van der Waals surface area contributed by atoms with Crippen molar-refractivity contribution >= 4 is 17.7 Å². The molecule has 0 radical (unpaired) electrons. The van der Waals surface area contributed by atoms with Gasteiger partial charge in [-0.05, 0) is 80.1 Å². The first kappa shape index (κ1) is 30.9. The highest BCUT2D eigenvalue weighted by Gasteiger charge is 2.51. The first-order valence-corrected chi connectivity index (χ1v) is 15.1. The van der Waals surface area contributed by atoms with Crippen LogP contribution in [-0.4, -0.2) is 79.5 Å². The average molecular weight is 596 g/mol. The molecule has 3 heterocycles. The van der Waals surface area contributed by atoms with Gasteiger partial charge < -0.3 is 14.9 Å². The number of hydrazine groups is 1. The van der Waals surface area contributed by atoms with Crippen LogP contribution in [0.25, 0.3) is 0 Å². The maximum Gasteiger partial charge on any atom is 0.246 e. The van der Waals surface area contributed by atoms with Crippen molar-refractivity contribution in [3.63, 3.8) is 0 Å². The van der Waals surface area contributed by atoms with Crippen molar-refractivity contribution < 1.29 is 19.5 Å². The summed E-state index contributed by atoms with van der Waals surface area (Å²) >= 11 is 0. The summed E-state index contributed by atoms with van der Waals surface area (Å²) in [4.78, 5) is 50.3. The van der Waals surface area contributed by atoms with Gasteiger partial charge in [0.1, 0.15) is 18.0 Å². The van der Waals surface area contributed by atoms with E-state index in [9.17, 15) is 19.5 Å². The van der Waals surface area contributed by atoms with Gasteiger partial charge in [-0.3, -0.25) is 19.4 Å². The number of phenolic OH excluding ortho intramolecular Hbond substituents is 1. The highest BCUT2D eigenvalue weighted by molar-refractivity contribution is 5.92. The number of carbonyl (C=O) groups is 3. The third-order valence-corrected chi connectivity index (χ3v) is 8.73. The maximum absolute atomic E-state index is 14.3. The van der Waals surface area contributed by atoms with Crippen LogP contribution in [0.1, 0.15) is 45.6 Å². The number of rotatable bonds is 9. The predicted octanol–water partition coefficient (Wildman–Crippen LogP) is 4.01. The number of fused-ring (bicyclic) bond motifs is 1. The summed E-state index contributed by atoms with van der Waals surface area (Å²) in [7, 11) is 0. The van der Waals surface area contributed by atoms with Crippen LogP contribution < -0.4 is 0 Å². The fraction of sp³-hybridized carbons (Fsp3) is 0.371. The molecule has 5 rings (SSSR count). The molecule has 3 amide bonds. The Morgan fingerprint density at radius 3 is 2.39 bits per heavy atom. The molecule has 2 fully saturated rings. The Morgan fingerprint density at radius 1 is 1.02 bits per heavy atom. The first-order valence-electron chi connectivity index (χ1n) is 15.1. The monoisotopic (exact) mass is 595 g/mol. The van der Waals surface area contributed by atoms with E-state index in [2.05, 4.69) is 6.58 Å². The van der Waals surface area contributed by atoms with Crippen LogP contribution in [0.5, 0.6) is 5.75 Å². The number of phenols is 1. The van der Waals surface area contributed by atoms with Crippen LogP contribution in [0.3, 0.4) is 0 Å². The molecule has 230 valence electrons. The molecule has 1 aromatic heterocycles. The maximum atomic E-state index is 14.3. The molecule has 0 spiro atoms. The van der Waals surface area contributed by atoms with Crippen LogP contribution in [0.15, 0.2) is 67.3 Å². The van der Waals surface area contributed by atoms with Gasteiger partial charge in [0.15, 0.2) is 0 Å². The Balaban J connectivity index is 1.54. The van der Waals surface area contributed by atoms with Gasteiger partial charge in [0.05, 0.1) is 25.3 Å². The normalized spacial score (nSPS) is 18.9. The van der Waals surface area contributed by atoms with Crippen LogP contribution in [0, 0.1) is 27.7 Å². The van der Waals surface area contributed by atoms with Crippen molar-refractivity contribution in [2.75, 3.05) is 19.6 Å². The second kappa shape index (κ2) is 13.0. The van der Waals surface area contributed by atoms with Gasteiger partial charge in [0, 0.05) is 25.1 Å². The zero-order valence-corrected chi connectivity index (χ0v) is 26.0. The molecule has 3 aromatic rings. The molecule has 0 saturated carbocycles. The molecule has 0 aliphatic carbocycles. The second-order valence-corrected chi connectivity index (χ2v) is 11.8. The van der Waals surface area contributed by atoms with Crippen LogP contribution in [0.4, 0.5) is 0 Å². The Kier molecular flexibility index (Phi) is 9.15. The number of carbonyl (C=O) groups excluding carboxylic acids is 3. The summed E-state index contributed by atoms with van der Waals surface area (Å²) in [5.41, 5.74) is 6.34. The molecule has 1 N–H and O–H groups in total. The Labute approximate surface area is 259 Å². The van der Waals surface area contributed by atoms with E-state index in [4.69, 9.17) is 4.98 Å². The third-order valence-electron chi connectivity index (χ3n) is 8.73. The lowest BCUT2D eigenvalue weighted by Gasteiger charge is -2.55. The lowest BCUT2D eigenvalue weighted by atomic mass is 9.92. The standard InChI is InChI=1S/C35H41N5O4/c1-6-16-38-22-34(43)39-31(19-30-24(3)17-29(41)18-25(30)4)35(44)37(20-28-14-12-23(2)26(5)36-28)21-32(39)40(38)33(42)15-13-27-10-8-7-9-11-27/h6-12,14,17-18,31-32,41H,1,13,15-16,19-22H2,2-5H3/t31-,32?/m0/s1. The number of aryl methyl sites for hydroxylation is 5. The van der Waals surface area contributed by atoms with Gasteiger partial charge in [-0.1, -0.05) is 42.5 Å². The molecule has 2 aliphatic rings. The van der Waals surface area contributed by atoms with E-state index in [0.29, 0.717) is 13.0 Å². The highest BCUT2D eigenvalue weighted by atomic mass is 16.3. The second-order valence-electron chi connectivity index (χ2n) is 11.8. The molecule has 0 bridgehead atoms. The number of hydrogen-bond acceptors (Lipinski definition) is 6. The van der Waals surface area contributed by atoms with Gasteiger partial charge in [-0.2, -0.15) is 0 Å². The van der Waals surface area contributed by atoms with Gasteiger partial charge >= 0.3 is 0 Å². The number of piperazine rings is 1. The number of aromatic hydroxyl groups is 1. The fourth-order valence-corrected chi connectivity index (χ4v) is 6.37. The number of benzene rings is 2. The summed E-state index contributed by atoms with van der Waals surface area (Å²) in [6.45, 7) is 12.3. The Bertz CT molecular complexity index is 1550. The summed E-state index contributed by atoms with van der Waals surface area (Å²) in [5, 5.41) is 13.6. The lowest BCUT2D eigenvalue weighted by Crippen LogP contribution is -2.76. The first-order chi connectivity index (χ1) is 21.1.